The maximum atomic E-state index is 5.63. The summed E-state index contributed by atoms with van der Waals surface area (Å²) in [6.45, 7) is 4.23. The fraction of sp³-hybridized carbons (Fsp3) is 1.00. The molecule has 4 atom stereocenters. The number of ether oxygens (including phenoxy) is 2. The van der Waals surface area contributed by atoms with Crippen LogP contribution in [0.15, 0.2) is 0 Å². The summed E-state index contributed by atoms with van der Waals surface area (Å²) < 4.78 is 11.1. The van der Waals surface area contributed by atoms with Gasteiger partial charge in [-0.3, -0.25) is 4.90 Å². The van der Waals surface area contributed by atoms with Crippen LogP contribution < -0.4 is 0 Å². The molecule has 0 aromatic carbocycles. The van der Waals surface area contributed by atoms with Crippen LogP contribution in [0.2, 0.25) is 0 Å². The highest BCUT2D eigenvalue weighted by molar-refractivity contribution is 4.85. The third kappa shape index (κ3) is 3.30. The van der Waals surface area contributed by atoms with Gasteiger partial charge in [-0.1, -0.05) is 6.42 Å². The van der Waals surface area contributed by atoms with E-state index in [0.717, 1.165) is 38.4 Å². The fourth-order valence-corrected chi connectivity index (χ4v) is 3.85. The maximum absolute atomic E-state index is 5.63. The minimum Gasteiger partial charge on any atom is -0.378 e. The summed E-state index contributed by atoms with van der Waals surface area (Å²) >= 11 is 0. The fourth-order valence-electron chi connectivity index (χ4n) is 3.85. The zero-order chi connectivity index (χ0) is 13.2. The zero-order valence-corrected chi connectivity index (χ0v) is 12.4. The number of rotatable bonds is 0. The maximum Gasteiger partial charge on any atom is 0.0707 e. The first-order valence-corrected chi connectivity index (χ1v) is 7.86. The van der Waals surface area contributed by atoms with Gasteiger partial charge in [0.05, 0.1) is 25.4 Å². The Kier molecular flexibility index (Phi) is 4.42. The average molecular weight is 268 g/mol. The molecule has 0 N–H and O–H groups in total. The monoisotopic (exact) mass is 268 g/mol. The molecule has 0 aromatic rings. The SMILES string of the molecule is CN1C2CCCC1COC2.CN1CC2CCC(C1)O2. The number of piperidine rings is 1. The van der Waals surface area contributed by atoms with Crippen molar-refractivity contribution >= 4 is 0 Å². The van der Waals surface area contributed by atoms with Crippen LogP contribution in [0, 0.1) is 0 Å². The molecule has 4 heterocycles. The highest BCUT2D eigenvalue weighted by Crippen LogP contribution is 2.25. The van der Waals surface area contributed by atoms with E-state index in [4.69, 9.17) is 9.47 Å². The number of likely N-dealkylation sites (N-methyl/N-ethyl adjacent to an activating group) is 2. The summed E-state index contributed by atoms with van der Waals surface area (Å²) in [5.74, 6) is 0. The molecule has 110 valence electrons. The molecule has 4 aliphatic rings. The van der Waals surface area contributed by atoms with Gasteiger partial charge in [0.15, 0.2) is 0 Å². The molecular weight excluding hydrogens is 240 g/mol. The molecule has 0 aromatic heterocycles. The summed E-state index contributed by atoms with van der Waals surface area (Å²) in [7, 11) is 4.41. The van der Waals surface area contributed by atoms with E-state index in [9.17, 15) is 0 Å². The molecule has 0 amide bonds. The van der Waals surface area contributed by atoms with Gasteiger partial charge in [-0.25, -0.2) is 0 Å². The lowest BCUT2D eigenvalue weighted by atomic mass is 9.95. The minimum absolute atomic E-state index is 0.564. The quantitative estimate of drug-likeness (QED) is 0.662. The molecular formula is C15H28N2O2. The molecule has 4 unspecified atom stereocenters. The standard InChI is InChI=1S/C8H15NO.C7H13NO/c1-9-7-3-2-4-8(9)6-10-5-7;1-8-4-6-2-3-7(5-8)9-6/h7-8H,2-6H2,1H3;6-7H,2-5H2,1H3. The molecule has 19 heavy (non-hydrogen) atoms. The molecule has 4 rings (SSSR count). The molecule has 4 nitrogen and oxygen atoms in total. The van der Waals surface area contributed by atoms with Crippen LogP contribution in [0.5, 0.6) is 0 Å². The average Bonchev–Trinajstić information content (AvgIpc) is 2.69. The molecule has 0 saturated carbocycles. The largest absolute Gasteiger partial charge is 0.378 e. The lowest BCUT2D eigenvalue weighted by molar-refractivity contribution is -0.0596. The van der Waals surface area contributed by atoms with Crippen molar-refractivity contribution in [1.29, 1.82) is 0 Å². The van der Waals surface area contributed by atoms with Gasteiger partial charge < -0.3 is 14.4 Å². The second-order valence-electron chi connectivity index (χ2n) is 6.62. The van der Waals surface area contributed by atoms with Crippen molar-refractivity contribution in [2.24, 2.45) is 0 Å². The van der Waals surface area contributed by atoms with Crippen LogP contribution in [0.25, 0.3) is 0 Å². The van der Waals surface area contributed by atoms with E-state index in [2.05, 4.69) is 23.9 Å². The predicted molar refractivity (Wildman–Crippen MR) is 75.4 cm³/mol. The number of likely N-dealkylation sites (tertiary alicyclic amines) is 1. The molecule has 4 heteroatoms. The van der Waals surface area contributed by atoms with Crippen LogP contribution in [0.4, 0.5) is 0 Å². The van der Waals surface area contributed by atoms with Crippen molar-refractivity contribution < 1.29 is 9.47 Å². The summed E-state index contributed by atoms with van der Waals surface area (Å²) in [6.07, 6.45) is 7.79. The first-order chi connectivity index (χ1) is 9.22. The first kappa shape index (κ1) is 13.8. The predicted octanol–water partition coefficient (Wildman–Crippen LogP) is 1.35. The second kappa shape index (κ2) is 6.08. The highest BCUT2D eigenvalue weighted by Gasteiger charge is 2.32. The minimum atomic E-state index is 0.564. The van der Waals surface area contributed by atoms with Crippen molar-refractivity contribution in [2.45, 2.75) is 56.4 Å². The van der Waals surface area contributed by atoms with E-state index in [1.807, 2.05) is 0 Å². The smallest absolute Gasteiger partial charge is 0.0707 e. The number of nitrogens with zero attached hydrogens (tertiary/aromatic N) is 2. The van der Waals surface area contributed by atoms with E-state index < -0.39 is 0 Å². The number of hydrogen-bond acceptors (Lipinski definition) is 4. The number of hydrogen-bond donors (Lipinski definition) is 0. The van der Waals surface area contributed by atoms with E-state index in [1.54, 1.807) is 0 Å². The highest BCUT2D eigenvalue weighted by atomic mass is 16.5. The zero-order valence-electron chi connectivity index (χ0n) is 12.4. The Morgan fingerprint density at radius 3 is 1.95 bits per heavy atom. The first-order valence-electron chi connectivity index (χ1n) is 7.86. The van der Waals surface area contributed by atoms with Gasteiger partial charge in [-0.2, -0.15) is 0 Å². The van der Waals surface area contributed by atoms with E-state index >= 15 is 0 Å². The van der Waals surface area contributed by atoms with Crippen molar-refractivity contribution in [3.05, 3.63) is 0 Å². The Bertz CT molecular complexity index is 266. The number of morpholine rings is 2. The lowest BCUT2D eigenvalue weighted by Gasteiger charge is -2.43. The molecule has 0 radical (unpaired) electrons. The van der Waals surface area contributed by atoms with Gasteiger partial charge in [-0.15, -0.1) is 0 Å². The number of fused-ring (bicyclic) bond motifs is 4. The Balaban J connectivity index is 0.000000117. The van der Waals surface area contributed by atoms with Crippen LogP contribution >= 0.6 is 0 Å². The van der Waals surface area contributed by atoms with Gasteiger partial charge in [0.2, 0.25) is 0 Å². The lowest BCUT2D eigenvalue weighted by Crippen LogP contribution is -2.52. The van der Waals surface area contributed by atoms with Gasteiger partial charge in [0.1, 0.15) is 0 Å². The third-order valence-electron chi connectivity index (χ3n) is 5.07. The second-order valence-corrected chi connectivity index (χ2v) is 6.62. The van der Waals surface area contributed by atoms with Gasteiger partial charge in [0.25, 0.3) is 0 Å². The van der Waals surface area contributed by atoms with Crippen molar-refractivity contribution in [2.75, 3.05) is 40.4 Å². The van der Waals surface area contributed by atoms with E-state index in [-0.39, 0.29) is 0 Å². The van der Waals surface area contributed by atoms with Gasteiger partial charge in [-0.05, 0) is 39.8 Å². The molecule has 4 aliphatic heterocycles. The summed E-state index contributed by atoms with van der Waals surface area (Å²) in [4.78, 5) is 4.86. The van der Waals surface area contributed by atoms with Crippen LogP contribution in [0.3, 0.4) is 0 Å². The van der Waals surface area contributed by atoms with E-state index in [1.165, 1.54) is 32.1 Å². The van der Waals surface area contributed by atoms with Crippen LogP contribution in [-0.2, 0) is 9.47 Å². The summed E-state index contributed by atoms with van der Waals surface area (Å²) in [5, 5.41) is 0. The Labute approximate surface area is 117 Å². The van der Waals surface area contributed by atoms with Crippen molar-refractivity contribution in [3.8, 4) is 0 Å². The van der Waals surface area contributed by atoms with Crippen molar-refractivity contribution in [1.82, 2.24) is 9.80 Å². The summed E-state index contributed by atoms with van der Waals surface area (Å²) in [6, 6.07) is 1.46. The molecule has 0 spiro atoms. The summed E-state index contributed by atoms with van der Waals surface area (Å²) in [5.41, 5.74) is 0. The van der Waals surface area contributed by atoms with Gasteiger partial charge in [0, 0.05) is 25.2 Å². The Hall–Kier alpha value is -0.160. The molecule has 4 fully saturated rings. The van der Waals surface area contributed by atoms with Crippen LogP contribution in [-0.4, -0.2) is 74.5 Å². The van der Waals surface area contributed by atoms with Gasteiger partial charge >= 0.3 is 0 Å². The normalized spacial score (nSPS) is 42.6. The van der Waals surface area contributed by atoms with Crippen molar-refractivity contribution in [3.63, 3.8) is 0 Å². The molecule has 4 bridgehead atoms. The molecule has 4 saturated heterocycles. The third-order valence-corrected chi connectivity index (χ3v) is 5.07. The topological polar surface area (TPSA) is 24.9 Å². The van der Waals surface area contributed by atoms with Crippen LogP contribution in [0.1, 0.15) is 32.1 Å². The Morgan fingerprint density at radius 1 is 0.842 bits per heavy atom. The molecule has 0 aliphatic carbocycles. The Morgan fingerprint density at radius 2 is 1.42 bits per heavy atom. The van der Waals surface area contributed by atoms with E-state index in [0.29, 0.717) is 12.2 Å².